The van der Waals surface area contributed by atoms with Crippen molar-refractivity contribution in [3.63, 3.8) is 0 Å². The van der Waals surface area contributed by atoms with Gasteiger partial charge in [-0.1, -0.05) is 23.2 Å². The molecule has 2 saturated carbocycles. The topological polar surface area (TPSA) is 37.4 Å². The van der Waals surface area contributed by atoms with Crippen molar-refractivity contribution in [2.24, 2.45) is 23.7 Å². The Kier molecular flexibility index (Phi) is 2.67. The first-order chi connectivity index (χ1) is 9.58. The van der Waals surface area contributed by atoms with Gasteiger partial charge in [-0.3, -0.25) is 9.59 Å². The number of hydrogen-bond donors (Lipinski definition) is 0. The molecule has 1 aliphatic heterocycles. The molecule has 2 bridgehead atoms. The van der Waals surface area contributed by atoms with Crippen LogP contribution in [0.1, 0.15) is 19.3 Å². The molecule has 104 valence electrons. The number of rotatable bonds is 1. The second-order valence-electron chi connectivity index (χ2n) is 5.99. The normalized spacial score (nSPS) is 35.0. The minimum absolute atomic E-state index is 0.0728. The minimum Gasteiger partial charge on any atom is -0.274 e. The second kappa shape index (κ2) is 4.22. The molecule has 0 aromatic heterocycles. The van der Waals surface area contributed by atoms with Gasteiger partial charge in [-0.05, 0) is 49.3 Å². The number of halogens is 2. The molecule has 20 heavy (non-hydrogen) atoms. The van der Waals surface area contributed by atoms with Crippen molar-refractivity contribution in [2.45, 2.75) is 19.3 Å². The lowest BCUT2D eigenvalue weighted by Crippen LogP contribution is -2.32. The number of benzene rings is 1. The summed E-state index contributed by atoms with van der Waals surface area (Å²) in [5.41, 5.74) is 0.472. The van der Waals surface area contributed by atoms with Gasteiger partial charge in [0.05, 0.1) is 22.5 Å². The Morgan fingerprint density at radius 1 is 1.00 bits per heavy atom. The number of amides is 2. The summed E-state index contributed by atoms with van der Waals surface area (Å²) in [5.74, 6) is 0.392. The molecule has 0 unspecified atom stereocenters. The van der Waals surface area contributed by atoms with Crippen LogP contribution in [-0.2, 0) is 9.59 Å². The van der Waals surface area contributed by atoms with E-state index in [0.717, 1.165) is 19.3 Å². The highest BCUT2D eigenvalue weighted by atomic mass is 35.5. The van der Waals surface area contributed by atoms with Crippen LogP contribution in [0.4, 0.5) is 5.69 Å². The zero-order valence-electron chi connectivity index (χ0n) is 10.7. The van der Waals surface area contributed by atoms with Crippen molar-refractivity contribution in [3.8, 4) is 0 Å². The molecule has 3 fully saturated rings. The SMILES string of the molecule is O=C1[C@H]2[C@@H]3CC[C@@H](C3)[C@@H]2C(=O)N1c1ccc(Cl)cc1Cl. The monoisotopic (exact) mass is 309 g/mol. The molecule has 4 rings (SSSR count). The third-order valence-electron chi connectivity index (χ3n) is 5.08. The summed E-state index contributed by atoms with van der Waals surface area (Å²) in [6, 6.07) is 4.89. The maximum Gasteiger partial charge on any atom is 0.238 e. The Bertz CT molecular complexity index is 602. The standard InChI is InChI=1S/C15H13Cl2NO2/c16-9-3-4-11(10(17)6-9)18-14(19)12-7-1-2-8(5-7)13(12)15(18)20/h3-4,6-8,12-13H,1-2,5H2/t7-,8+,12-,13-/m0/s1. The van der Waals surface area contributed by atoms with Crippen LogP contribution < -0.4 is 4.90 Å². The summed E-state index contributed by atoms with van der Waals surface area (Å²) < 4.78 is 0. The predicted octanol–water partition coefficient (Wildman–Crippen LogP) is 3.53. The molecule has 0 N–H and O–H groups in total. The minimum atomic E-state index is -0.118. The quantitative estimate of drug-likeness (QED) is 0.744. The van der Waals surface area contributed by atoms with Gasteiger partial charge in [-0.25, -0.2) is 4.90 Å². The molecule has 1 heterocycles. The molecule has 1 saturated heterocycles. The van der Waals surface area contributed by atoms with Gasteiger partial charge in [0.25, 0.3) is 0 Å². The van der Waals surface area contributed by atoms with Crippen molar-refractivity contribution < 1.29 is 9.59 Å². The number of fused-ring (bicyclic) bond motifs is 5. The van der Waals surface area contributed by atoms with Crippen LogP contribution in [0.15, 0.2) is 18.2 Å². The summed E-state index contributed by atoms with van der Waals surface area (Å²) in [6.07, 6.45) is 3.19. The average molecular weight is 310 g/mol. The van der Waals surface area contributed by atoms with E-state index < -0.39 is 0 Å². The largest absolute Gasteiger partial charge is 0.274 e. The van der Waals surface area contributed by atoms with Crippen molar-refractivity contribution in [3.05, 3.63) is 28.2 Å². The maximum absolute atomic E-state index is 12.6. The summed E-state index contributed by atoms with van der Waals surface area (Å²) in [6.45, 7) is 0. The number of anilines is 1. The summed E-state index contributed by atoms with van der Waals surface area (Å²) in [4.78, 5) is 26.6. The Balaban J connectivity index is 1.77. The highest BCUT2D eigenvalue weighted by Crippen LogP contribution is 2.57. The van der Waals surface area contributed by atoms with Gasteiger partial charge in [0.2, 0.25) is 11.8 Å². The summed E-state index contributed by atoms with van der Waals surface area (Å²) in [7, 11) is 0. The molecular formula is C15H13Cl2NO2. The van der Waals surface area contributed by atoms with E-state index in [4.69, 9.17) is 23.2 Å². The fourth-order valence-electron chi connectivity index (χ4n) is 4.31. The lowest BCUT2D eigenvalue weighted by Gasteiger charge is -2.19. The molecule has 2 amide bonds. The number of imide groups is 1. The van der Waals surface area contributed by atoms with Gasteiger partial charge in [0, 0.05) is 5.02 Å². The van der Waals surface area contributed by atoms with E-state index in [-0.39, 0.29) is 23.7 Å². The lowest BCUT2D eigenvalue weighted by atomic mass is 9.81. The van der Waals surface area contributed by atoms with Gasteiger partial charge in [0.15, 0.2) is 0 Å². The van der Waals surface area contributed by atoms with Crippen molar-refractivity contribution >= 4 is 40.7 Å². The van der Waals surface area contributed by atoms with Gasteiger partial charge in [-0.15, -0.1) is 0 Å². The van der Waals surface area contributed by atoms with Gasteiger partial charge >= 0.3 is 0 Å². The second-order valence-corrected chi connectivity index (χ2v) is 6.84. The van der Waals surface area contributed by atoms with Crippen LogP contribution in [0.25, 0.3) is 0 Å². The number of carbonyl (C=O) groups excluding carboxylic acids is 2. The van der Waals surface area contributed by atoms with Gasteiger partial charge in [0.1, 0.15) is 0 Å². The van der Waals surface area contributed by atoms with Crippen LogP contribution in [0.2, 0.25) is 10.0 Å². The van der Waals surface area contributed by atoms with E-state index in [2.05, 4.69) is 0 Å². The summed E-state index contributed by atoms with van der Waals surface area (Å²) >= 11 is 12.0. The molecule has 0 radical (unpaired) electrons. The molecule has 3 aliphatic rings. The number of hydrogen-bond acceptors (Lipinski definition) is 2. The fourth-order valence-corrected chi connectivity index (χ4v) is 4.80. The Morgan fingerprint density at radius 3 is 2.15 bits per heavy atom. The van der Waals surface area contributed by atoms with Gasteiger partial charge < -0.3 is 0 Å². The molecule has 5 heteroatoms. The van der Waals surface area contributed by atoms with E-state index in [0.29, 0.717) is 27.6 Å². The third kappa shape index (κ3) is 1.54. The molecule has 1 aromatic carbocycles. The predicted molar refractivity (Wildman–Crippen MR) is 76.8 cm³/mol. The highest BCUT2D eigenvalue weighted by Gasteiger charge is 2.61. The zero-order valence-corrected chi connectivity index (χ0v) is 12.2. The van der Waals surface area contributed by atoms with Crippen LogP contribution in [0, 0.1) is 23.7 Å². The summed E-state index contributed by atoms with van der Waals surface area (Å²) in [5, 5.41) is 0.852. The Hall–Kier alpha value is -1.06. The zero-order chi connectivity index (χ0) is 14.0. The lowest BCUT2D eigenvalue weighted by molar-refractivity contribution is -0.123. The van der Waals surface area contributed by atoms with Crippen LogP contribution in [0.5, 0.6) is 0 Å². The van der Waals surface area contributed by atoms with E-state index in [1.54, 1.807) is 18.2 Å². The van der Waals surface area contributed by atoms with E-state index >= 15 is 0 Å². The Labute approximate surface area is 126 Å². The van der Waals surface area contributed by atoms with Crippen LogP contribution in [-0.4, -0.2) is 11.8 Å². The van der Waals surface area contributed by atoms with Crippen molar-refractivity contribution in [1.29, 1.82) is 0 Å². The van der Waals surface area contributed by atoms with Crippen molar-refractivity contribution in [2.75, 3.05) is 4.90 Å². The molecular weight excluding hydrogens is 297 g/mol. The first-order valence-corrected chi connectivity index (χ1v) is 7.66. The van der Waals surface area contributed by atoms with Crippen LogP contribution >= 0.6 is 23.2 Å². The highest BCUT2D eigenvalue weighted by molar-refractivity contribution is 6.38. The third-order valence-corrected chi connectivity index (χ3v) is 5.62. The smallest absolute Gasteiger partial charge is 0.238 e. The number of nitrogens with zero attached hydrogens (tertiary/aromatic N) is 1. The average Bonchev–Trinajstić information content (AvgIpc) is 3.06. The number of carbonyl (C=O) groups is 2. The van der Waals surface area contributed by atoms with E-state index in [1.807, 2.05) is 0 Å². The van der Waals surface area contributed by atoms with E-state index in [9.17, 15) is 9.59 Å². The molecule has 2 aliphatic carbocycles. The molecule has 0 spiro atoms. The first-order valence-electron chi connectivity index (χ1n) is 6.91. The van der Waals surface area contributed by atoms with Crippen molar-refractivity contribution in [1.82, 2.24) is 0 Å². The maximum atomic E-state index is 12.6. The molecule has 4 atom stereocenters. The fraction of sp³-hybridized carbons (Fsp3) is 0.467. The molecule has 3 nitrogen and oxygen atoms in total. The molecule has 1 aromatic rings. The van der Waals surface area contributed by atoms with E-state index in [1.165, 1.54) is 4.90 Å². The first kappa shape index (κ1) is 12.7. The van der Waals surface area contributed by atoms with Gasteiger partial charge in [-0.2, -0.15) is 0 Å². The Morgan fingerprint density at radius 2 is 1.60 bits per heavy atom. The van der Waals surface area contributed by atoms with Crippen LogP contribution in [0.3, 0.4) is 0 Å².